The molecule has 0 radical (unpaired) electrons. The third kappa shape index (κ3) is 2.11. The van der Waals surface area contributed by atoms with Crippen molar-refractivity contribution in [3.63, 3.8) is 0 Å². The molecule has 0 aliphatic carbocycles. The number of nitrogens with zero attached hydrogens (tertiary/aromatic N) is 1. The van der Waals surface area contributed by atoms with Crippen molar-refractivity contribution in [1.82, 2.24) is 4.98 Å². The second-order valence-electron chi connectivity index (χ2n) is 3.70. The molecule has 1 aromatic rings. The number of nitrogens with two attached hydrogens (primary N) is 1. The number of hydrogen-bond acceptors (Lipinski definition) is 3. The lowest BCUT2D eigenvalue weighted by Crippen LogP contribution is -2.29. The zero-order valence-corrected chi connectivity index (χ0v) is 8.23. The van der Waals surface area contributed by atoms with Crippen LogP contribution in [0.5, 0.6) is 0 Å². The molecule has 2 unspecified atom stereocenters. The minimum Gasteiger partial charge on any atom is -0.369 e. The van der Waals surface area contributed by atoms with Crippen molar-refractivity contribution in [2.45, 2.75) is 31.5 Å². The van der Waals surface area contributed by atoms with Gasteiger partial charge in [-0.2, -0.15) is 0 Å². The summed E-state index contributed by atoms with van der Waals surface area (Å²) in [5.41, 5.74) is 6.77. The van der Waals surface area contributed by atoms with Gasteiger partial charge in [-0.05, 0) is 30.9 Å². The maximum atomic E-state index is 5.86. The fourth-order valence-corrected chi connectivity index (χ4v) is 1.88. The number of ether oxygens (including phenoxy) is 1. The van der Waals surface area contributed by atoms with E-state index in [0.717, 1.165) is 12.8 Å². The Kier molecular flexibility index (Phi) is 3.11. The molecule has 1 fully saturated rings. The lowest BCUT2D eigenvalue weighted by atomic mass is 9.99. The third-order valence-corrected chi connectivity index (χ3v) is 2.67. The Bertz CT molecular complexity index is 276. The largest absolute Gasteiger partial charge is 0.369 e. The van der Waals surface area contributed by atoms with Crippen LogP contribution in [0.25, 0.3) is 0 Å². The predicted octanol–water partition coefficient (Wildman–Crippen LogP) is 1.65. The van der Waals surface area contributed by atoms with Gasteiger partial charge in [0.15, 0.2) is 0 Å². The average molecular weight is 192 g/mol. The van der Waals surface area contributed by atoms with Gasteiger partial charge >= 0.3 is 0 Å². The number of aromatic nitrogens is 1. The van der Waals surface area contributed by atoms with Crippen LogP contribution in [-0.4, -0.2) is 17.6 Å². The van der Waals surface area contributed by atoms with Crippen LogP contribution in [0, 0.1) is 0 Å². The molecule has 2 N–H and O–H groups in total. The molecule has 1 saturated heterocycles. The van der Waals surface area contributed by atoms with Gasteiger partial charge in [-0.3, -0.25) is 4.98 Å². The molecule has 0 amide bonds. The Hall–Kier alpha value is -0.930. The van der Waals surface area contributed by atoms with Crippen molar-refractivity contribution in [3.8, 4) is 0 Å². The fourth-order valence-electron chi connectivity index (χ4n) is 1.88. The van der Waals surface area contributed by atoms with E-state index in [-0.39, 0.29) is 12.2 Å². The maximum absolute atomic E-state index is 5.86. The summed E-state index contributed by atoms with van der Waals surface area (Å²) >= 11 is 0. The summed E-state index contributed by atoms with van der Waals surface area (Å²) in [4.78, 5) is 4.10. The summed E-state index contributed by atoms with van der Waals surface area (Å²) in [5, 5.41) is 0. The van der Waals surface area contributed by atoms with Gasteiger partial charge in [-0.25, -0.2) is 0 Å². The van der Waals surface area contributed by atoms with Gasteiger partial charge in [0.05, 0.1) is 12.2 Å². The standard InChI is InChI=1S/C11H16N2O/c12-7-10-4-1-5-11(14-10)9-3-2-6-13-8-9/h2-3,6,8,10-11H,1,4-5,7,12H2. The first kappa shape index (κ1) is 9.62. The normalized spacial score (nSPS) is 27.5. The van der Waals surface area contributed by atoms with E-state index in [2.05, 4.69) is 11.1 Å². The molecule has 14 heavy (non-hydrogen) atoms. The van der Waals surface area contributed by atoms with E-state index in [9.17, 15) is 0 Å². The Balaban J connectivity index is 2.04. The van der Waals surface area contributed by atoms with Crippen LogP contribution < -0.4 is 5.73 Å². The molecule has 1 aliphatic rings. The van der Waals surface area contributed by atoms with Crippen molar-refractivity contribution in [1.29, 1.82) is 0 Å². The first-order chi connectivity index (χ1) is 6.90. The van der Waals surface area contributed by atoms with Crippen molar-refractivity contribution in [2.75, 3.05) is 6.54 Å². The smallest absolute Gasteiger partial charge is 0.0844 e. The quantitative estimate of drug-likeness (QED) is 0.775. The molecule has 0 aromatic carbocycles. The lowest BCUT2D eigenvalue weighted by molar-refractivity contribution is -0.0463. The summed E-state index contributed by atoms with van der Waals surface area (Å²) in [6.07, 6.45) is 7.47. The van der Waals surface area contributed by atoms with Crippen LogP contribution in [0.1, 0.15) is 30.9 Å². The fraction of sp³-hybridized carbons (Fsp3) is 0.545. The van der Waals surface area contributed by atoms with Crippen LogP contribution in [0.4, 0.5) is 0 Å². The molecule has 1 aliphatic heterocycles. The molecule has 76 valence electrons. The number of rotatable bonds is 2. The summed E-state index contributed by atoms with van der Waals surface area (Å²) in [6.45, 7) is 0.622. The summed E-state index contributed by atoms with van der Waals surface area (Å²) < 4.78 is 5.86. The van der Waals surface area contributed by atoms with Crippen LogP contribution in [-0.2, 0) is 4.74 Å². The zero-order chi connectivity index (χ0) is 9.80. The minimum absolute atomic E-state index is 0.200. The van der Waals surface area contributed by atoms with E-state index in [4.69, 9.17) is 10.5 Å². The molecule has 1 aromatic heterocycles. The van der Waals surface area contributed by atoms with Crippen LogP contribution in [0.3, 0.4) is 0 Å². The van der Waals surface area contributed by atoms with Crippen LogP contribution in [0.2, 0.25) is 0 Å². The molecule has 0 bridgehead atoms. The van der Waals surface area contributed by atoms with Crippen molar-refractivity contribution in [3.05, 3.63) is 30.1 Å². The Morgan fingerprint density at radius 1 is 1.50 bits per heavy atom. The topological polar surface area (TPSA) is 48.1 Å². The van der Waals surface area contributed by atoms with Crippen molar-refractivity contribution < 1.29 is 4.74 Å². The highest BCUT2D eigenvalue weighted by atomic mass is 16.5. The SMILES string of the molecule is NCC1CCCC(c2cccnc2)O1. The van der Waals surface area contributed by atoms with Gasteiger partial charge in [-0.15, -0.1) is 0 Å². The minimum atomic E-state index is 0.200. The first-order valence-corrected chi connectivity index (χ1v) is 5.15. The molecular weight excluding hydrogens is 176 g/mol. The van der Waals surface area contributed by atoms with Gasteiger partial charge in [0.1, 0.15) is 0 Å². The first-order valence-electron chi connectivity index (χ1n) is 5.15. The second-order valence-corrected chi connectivity index (χ2v) is 3.70. The lowest BCUT2D eigenvalue weighted by Gasteiger charge is -2.29. The second kappa shape index (κ2) is 4.53. The van der Waals surface area contributed by atoms with E-state index < -0.39 is 0 Å². The molecule has 2 atom stereocenters. The van der Waals surface area contributed by atoms with Gasteiger partial charge in [-0.1, -0.05) is 6.07 Å². The van der Waals surface area contributed by atoms with Gasteiger partial charge in [0.25, 0.3) is 0 Å². The average Bonchev–Trinajstić information content (AvgIpc) is 2.30. The summed E-state index contributed by atoms with van der Waals surface area (Å²) in [7, 11) is 0. The molecule has 2 heterocycles. The van der Waals surface area contributed by atoms with E-state index in [0.29, 0.717) is 6.54 Å². The highest BCUT2D eigenvalue weighted by molar-refractivity contribution is 5.12. The van der Waals surface area contributed by atoms with E-state index in [1.54, 1.807) is 6.20 Å². The molecule has 0 saturated carbocycles. The predicted molar refractivity (Wildman–Crippen MR) is 54.8 cm³/mol. The van der Waals surface area contributed by atoms with E-state index in [1.807, 2.05) is 12.3 Å². The van der Waals surface area contributed by atoms with Crippen LogP contribution in [0.15, 0.2) is 24.5 Å². The Labute approximate surface area is 84.3 Å². The maximum Gasteiger partial charge on any atom is 0.0844 e. The van der Waals surface area contributed by atoms with E-state index in [1.165, 1.54) is 12.0 Å². The summed E-state index contributed by atoms with van der Waals surface area (Å²) in [6, 6.07) is 4.02. The molecule has 3 nitrogen and oxygen atoms in total. The monoisotopic (exact) mass is 192 g/mol. The third-order valence-electron chi connectivity index (χ3n) is 2.67. The van der Waals surface area contributed by atoms with Crippen LogP contribution >= 0.6 is 0 Å². The highest BCUT2D eigenvalue weighted by Gasteiger charge is 2.22. The van der Waals surface area contributed by atoms with Crippen molar-refractivity contribution in [2.24, 2.45) is 5.73 Å². The Morgan fingerprint density at radius 2 is 2.43 bits per heavy atom. The van der Waals surface area contributed by atoms with Gasteiger partial charge < -0.3 is 10.5 Å². The number of pyridine rings is 1. The molecule has 0 spiro atoms. The molecular formula is C11H16N2O. The highest BCUT2D eigenvalue weighted by Crippen LogP contribution is 2.30. The molecule has 2 rings (SSSR count). The molecule has 3 heteroatoms. The van der Waals surface area contributed by atoms with Crippen molar-refractivity contribution >= 4 is 0 Å². The zero-order valence-electron chi connectivity index (χ0n) is 8.23. The summed E-state index contributed by atoms with van der Waals surface area (Å²) in [5.74, 6) is 0. The van der Waals surface area contributed by atoms with Gasteiger partial charge in [0, 0.05) is 18.9 Å². The van der Waals surface area contributed by atoms with Gasteiger partial charge in [0.2, 0.25) is 0 Å². The Morgan fingerprint density at radius 3 is 3.14 bits per heavy atom. The number of hydrogen-bond donors (Lipinski definition) is 1. The van der Waals surface area contributed by atoms with E-state index >= 15 is 0 Å².